The van der Waals surface area contributed by atoms with E-state index >= 15 is 0 Å². The molecule has 5 heteroatoms. The third-order valence-electron chi connectivity index (χ3n) is 2.62. The number of rotatable bonds is 3. The van der Waals surface area contributed by atoms with Gasteiger partial charge in [-0.15, -0.1) is 0 Å². The molecule has 0 fully saturated rings. The van der Waals surface area contributed by atoms with Crippen LogP contribution in [0.4, 0.5) is 4.39 Å². The molecule has 0 saturated heterocycles. The molecule has 2 rings (SSSR count). The van der Waals surface area contributed by atoms with E-state index in [9.17, 15) is 14.0 Å². The van der Waals surface area contributed by atoms with Gasteiger partial charge < -0.3 is 4.74 Å². The van der Waals surface area contributed by atoms with Gasteiger partial charge in [-0.1, -0.05) is 18.2 Å². The molecule has 102 valence electrons. The number of halogens is 2. The van der Waals surface area contributed by atoms with Crippen LogP contribution in [0.1, 0.15) is 17.3 Å². The zero-order chi connectivity index (χ0) is 14.7. The first-order valence-electron chi connectivity index (χ1n) is 5.75. The van der Waals surface area contributed by atoms with Crippen molar-refractivity contribution < 1.29 is 18.7 Å². The van der Waals surface area contributed by atoms with Crippen molar-refractivity contribution in [2.24, 2.45) is 0 Å². The van der Waals surface area contributed by atoms with Gasteiger partial charge in [-0.2, -0.15) is 0 Å². The van der Waals surface area contributed by atoms with Crippen LogP contribution < -0.4 is 4.74 Å². The van der Waals surface area contributed by atoms with E-state index in [1.165, 1.54) is 31.2 Å². The van der Waals surface area contributed by atoms with E-state index in [0.717, 1.165) is 5.56 Å². The molecule has 0 bridgehead atoms. The summed E-state index contributed by atoms with van der Waals surface area (Å²) in [5.41, 5.74) is 1.48. The number of carbonyl (C=O) groups excluding carboxylic acids is 2. The summed E-state index contributed by atoms with van der Waals surface area (Å²) in [7, 11) is 0. The number of carbonyl (C=O) groups is 2. The molecule has 0 atom stereocenters. The van der Waals surface area contributed by atoms with E-state index in [1.54, 1.807) is 18.2 Å². The molecule has 0 saturated carbocycles. The highest BCUT2D eigenvalue weighted by molar-refractivity contribution is 6.68. The van der Waals surface area contributed by atoms with Gasteiger partial charge in [0.15, 0.2) is 0 Å². The first-order chi connectivity index (χ1) is 9.47. The summed E-state index contributed by atoms with van der Waals surface area (Å²) in [6.07, 6.45) is 0. The second kappa shape index (κ2) is 5.84. The highest BCUT2D eigenvalue weighted by atomic mass is 35.5. The summed E-state index contributed by atoms with van der Waals surface area (Å²) < 4.78 is 17.8. The van der Waals surface area contributed by atoms with Gasteiger partial charge in [0, 0.05) is 6.92 Å². The molecule has 0 spiro atoms. The van der Waals surface area contributed by atoms with E-state index in [1.807, 2.05) is 0 Å². The lowest BCUT2D eigenvalue weighted by atomic mass is 10.0. The van der Waals surface area contributed by atoms with Crippen LogP contribution in [0.25, 0.3) is 11.1 Å². The van der Waals surface area contributed by atoms with Crippen LogP contribution >= 0.6 is 11.6 Å². The normalized spacial score (nSPS) is 10.2. The summed E-state index contributed by atoms with van der Waals surface area (Å²) in [4.78, 5) is 22.4. The fraction of sp³-hybridized carbons (Fsp3) is 0.0667. The largest absolute Gasteiger partial charge is 0.426 e. The number of benzene rings is 2. The smallest absolute Gasteiger partial charge is 0.308 e. The van der Waals surface area contributed by atoms with Crippen molar-refractivity contribution in [2.75, 3.05) is 0 Å². The number of ether oxygens (including phenoxy) is 1. The summed E-state index contributed by atoms with van der Waals surface area (Å²) >= 11 is 5.49. The van der Waals surface area contributed by atoms with Gasteiger partial charge in [-0.3, -0.25) is 9.59 Å². The summed E-state index contributed by atoms with van der Waals surface area (Å²) in [5, 5.41) is -0.731. The summed E-state index contributed by atoms with van der Waals surface area (Å²) in [6, 6.07) is 10.4. The molecule has 0 amide bonds. The minimum absolute atomic E-state index is 0.0868. The second-order valence-corrected chi connectivity index (χ2v) is 4.43. The molecule has 0 aromatic heterocycles. The molecule has 0 aliphatic carbocycles. The highest BCUT2D eigenvalue weighted by Crippen LogP contribution is 2.28. The molecule has 0 radical (unpaired) electrons. The van der Waals surface area contributed by atoms with Crippen LogP contribution in [0.5, 0.6) is 5.75 Å². The minimum Gasteiger partial charge on any atom is -0.426 e. The average Bonchev–Trinajstić information content (AvgIpc) is 2.39. The molecule has 0 N–H and O–H groups in total. The summed E-state index contributed by atoms with van der Waals surface area (Å²) in [6.45, 7) is 1.23. The lowest BCUT2D eigenvalue weighted by Gasteiger charge is -2.08. The Morgan fingerprint density at radius 1 is 1.05 bits per heavy atom. The van der Waals surface area contributed by atoms with Gasteiger partial charge in [0.05, 0.1) is 5.56 Å². The lowest BCUT2D eigenvalue weighted by molar-refractivity contribution is -0.131. The van der Waals surface area contributed by atoms with Gasteiger partial charge in [0.2, 0.25) is 0 Å². The third-order valence-corrected chi connectivity index (χ3v) is 2.83. The maximum Gasteiger partial charge on any atom is 0.308 e. The van der Waals surface area contributed by atoms with E-state index in [2.05, 4.69) is 0 Å². The van der Waals surface area contributed by atoms with E-state index in [4.69, 9.17) is 16.3 Å². The van der Waals surface area contributed by atoms with Crippen LogP contribution in [-0.2, 0) is 4.79 Å². The zero-order valence-electron chi connectivity index (χ0n) is 10.5. The fourth-order valence-corrected chi connectivity index (χ4v) is 1.90. The monoisotopic (exact) mass is 292 g/mol. The SMILES string of the molecule is CC(=O)Oc1ccc(-c2ccc(F)cc2)cc1C(=O)Cl. The molecule has 20 heavy (non-hydrogen) atoms. The number of esters is 1. The van der Waals surface area contributed by atoms with Crippen molar-refractivity contribution >= 4 is 22.8 Å². The Bertz CT molecular complexity index is 665. The van der Waals surface area contributed by atoms with Crippen molar-refractivity contribution in [1.82, 2.24) is 0 Å². The topological polar surface area (TPSA) is 43.4 Å². The van der Waals surface area contributed by atoms with Gasteiger partial charge >= 0.3 is 5.97 Å². The molecule has 0 unspecified atom stereocenters. The zero-order valence-corrected chi connectivity index (χ0v) is 11.3. The quantitative estimate of drug-likeness (QED) is 0.491. The highest BCUT2D eigenvalue weighted by Gasteiger charge is 2.13. The molecular weight excluding hydrogens is 283 g/mol. The maximum atomic E-state index is 12.9. The van der Waals surface area contributed by atoms with Crippen molar-refractivity contribution in [2.45, 2.75) is 6.92 Å². The van der Waals surface area contributed by atoms with E-state index in [0.29, 0.717) is 5.56 Å². The van der Waals surface area contributed by atoms with Crippen molar-refractivity contribution in [1.29, 1.82) is 0 Å². The molecular formula is C15H10ClFO3. The Morgan fingerprint density at radius 3 is 2.20 bits per heavy atom. The predicted octanol–water partition coefficient (Wildman–Crippen LogP) is 3.80. The standard InChI is InChI=1S/C15H10ClFO3/c1-9(18)20-14-7-4-11(8-13(14)15(16)19)10-2-5-12(17)6-3-10/h2-8H,1H3. The average molecular weight is 293 g/mol. The van der Waals surface area contributed by atoms with Gasteiger partial charge in [0.25, 0.3) is 5.24 Å². The van der Waals surface area contributed by atoms with Crippen LogP contribution in [-0.4, -0.2) is 11.2 Å². The van der Waals surface area contributed by atoms with Crippen LogP contribution in [0.2, 0.25) is 0 Å². The maximum absolute atomic E-state index is 12.9. The van der Waals surface area contributed by atoms with Crippen molar-refractivity contribution in [3.05, 3.63) is 53.8 Å². The Morgan fingerprint density at radius 2 is 1.65 bits per heavy atom. The number of hydrogen-bond acceptors (Lipinski definition) is 3. The molecule has 3 nitrogen and oxygen atoms in total. The Labute approximate surface area is 119 Å². The van der Waals surface area contributed by atoms with Crippen molar-refractivity contribution in [3.63, 3.8) is 0 Å². The van der Waals surface area contributed by atoms with E-state index in [-0.39, 0.29) is 17.1 Å². The summed E-state index contributed by atoms with van der Waals surface area (Å²) in [5.74, 6) is -0.791. The predicted molar refractivity (Wildman–Crippen MR) is 73.3 cm³/mol. The Balaban J connectivity index is 2.47. The van der Waals surface area contributed by atoms with Gasteiger partial charge in [-0.25, -0.2) is 4.39 Å². The molecule has 2 aromatic rings. The molecule has 2 aromatic carbocycles. The molecule has 0 heterocycles. The molecule has 0 aliphatic heterocycles. The van der Waals surface area contributed by atoms with Crippen LogP contribution in [0.15, 0.2) is 42.5 Å². The lowest BCUT2D eigenvalue weighted by Crippen LogP contribution is -2.05. The first-order valence-corrected chi connectivity index (χ1v) is 6.13. The Kier molecular flexibility index (Phi) is 4.15. The first kappa shape index (κ1) is 14.2. The van der Waals surface area contributed by atoms with Crippen molar-refractivity contribution in [3.8, 4) is 16.9 Å². The van der Waals surface area contributed by atoms with Gasteiger partial charge in [-0.05, 0) is 47.0 Å². The Hall–Kier alpha value is -2.20. The minimum atomic E-state index is -0.731. The fourth-order valence-electron chi connectivity index (χ4n) is 1.75. The van der Waals surface area contributed by atoms with Gasteiger partial charge in [0.1, 0.15) is 11.6 Å². The number of hydrogen-bond donors (Lipinski definition) is 0. The van der Waals surface area contributed by atoms with E-state index < -0.39 is 11.2 Å². The van der Waals surface area contributed by atoms with Crippen LogP contribution in [0.3, 0.4) is 0 Å². The van der Waals surface area contributed by atoms with Crippen LogP contribution in [0, 0.1) is 5.82 Å². The third kappa shape index (κ3) is 3.22. The molecule has 0 aliphatic rings. The second-order valence-electron chi connectivity index (χ2n) is 4.09.